The molecule has 1 amide bonds. The Hall–Kier alpha value is -0.860. The van der Waals surface area contributed by atoms with Crippen LogP contribution in [0.3, 0.4) is 0 Å². The summed E-state index contributed by atoms with van der Waals surface area (Å²) in [5, 5.41) is 2.66. The normalized spacial score (nSPS) is 29.9. The van der Waals surface area contributed by atoms with Gasteiger partial charge < -0.3 is 5.32 Å². The predicted molar refractivity (Wildman–Crippen MR) is 40.9 cm³/mol. The average molecular weight is 157 g/mol. The lowest BCUT2D eigenvalue weighted by Crippen LogP contribution is -2.31. The third-order valence-corrected chi connectivity index (χ3v) is 1.90. The largest absolute Gasteiger partial charge is 0.350 e. The Bertz CT molecular complexity index is 169. The molecule has 62 valence electrons. The fourth-order valence-corrected chi connectivity index (χ4v) is 1.32. The molecule has 1 rings (SSSR count). The number of halogens is 1. The molecule has 0 aromatic heterocycles. The molecule has 0 bridgehead atoms. The van der Waals surface area contributed by atoms with Gasteiger partial charge in [0.1, 0.15) is 6.17 Å². The van der Waals surface area contributed by atoms with Crippen LogP contribution in [0.4, 0.5) is 4.39 Å². The van der Waals surface area contributed by atoms with Gasteiger partial charge in [-0.25, -0.2) is 4.39 Å². The first kappa shape index (κ1) is 8.24. The van der Waals surface area contributed by atoms with Crippen LogP contribution in [-0.4, -0.2) is 18.1 Å². The lowest BCUT2D eigenvalue weighted by molar-refractivity contribution is -0.117. The maximum Gasteiger partial charge on any atom is 0.243 e. The zero-order valence-corrected chi connectivity index (χ0v) is 6.35. The van der Waals surface area contributed by atoms with Crippen LogP contribution < -0.4 is 5.32 Å². The Morgan fingerprint density at radius 1 is 1.64 bits per heavy atom. The molecule has 11 heavy (non-hydrogen) atoms. The quantitative estimate of drug-likeness (QED) is 0.599. The molecule has 1 aliphatic carbocycles. The minimum absolute atomic E-state index is 0.0236. The molecule has 1 N–H and O–H groups in total. The highest BCUT2D eigenvalue weighted by Gasteiger charge is 2.24. The van der Waals surface area contributed by atoms with Crippen molar-refractivity contribution in [1.82, 2.24) is 5.32 Å². The van der Waals surface area contributed by atoms with E-state index in [1.807, 2.05) is 0 Å². The van der Waals surface area contributed by atoms with Crippen LogP contribution >= 0.6 is 0 Å². The van der Waals surface area contributed by atoms with E-state index in [-0.39, 0.29) is 11.9 Å². The van der Waals surface area contributed by atoms with Crippen molar-refractivity contribution in [1.29, 1.82) is 0 Å². The summed E-state index contributed by atoms with van der Waals surface area (Å²) in [5.41, 5.74) is 0. The second-order valence-electron chi connectivity index (χ2n) is 2.82. The van der Waals surface area contributed by atoms with Gasteiger partial charge in [0, 0.05) is 6.04 Å². The topological polar surface area (TPSA) is 29.1 Å². The summed E-state index contributed by atoms with van der Waals surface area (Å²) in [6.07, 6.45) is 2.26. The maximum atomic E-state index is 12.6. The Labute approximate surface area is 65.5 Å². The second-order valence-corrected chi connectivity index (χ2v) is 2.82. The average Bonchev–Trinajstić information content (AvgIpc) is 2.35. The number of alkyl halides is 1. The van der Waals surface area contributed by atoms with Gasteiger partial charge >= 0.3 is 0 Å². The highest BCUT2D eigenvalue weighted by atomic mass is 19.1. The van der Waals surface area contributed by atoms with Gasteiger partial charge in [0.15, 0.2) is 0 Å². The number of rotatable bonds is 2. The highest BCUT2D eigenvalue weighted by Crippen LogP contribution is 2.21. The van der Waals surface area contributed by atoms with Crippen molar-refractivity contribution in [2.75, 3.05) is 0 Å². The predicted octanol–water partition coefficient (Wildman–Crippen LogP) is 1.18. The summed E-state index contributed by atoms with van der Waals surface area (Å²) in [6, 6.07) is 0.0236. The number of hydrogen-bond donors (Lipinski definition) is 1. The number of carbonyl (C=O) groups excluding carboxylic acids is 1. The van der Waals surface area contributed by atoms with Crippen molar-refractivity contribution < 1.29 is 9.18 Å². The number of amides is 1. The molecule has 1 saturated carbocycles. The molecule has 1 aliphatic rings. The number of carbonyl (C=O) groups is 1. The SMILES string of the molecule is C=CC(=O)NC1CCC(F)C1. The molecule has 0 aromatic rings. The number of nitrogens with one attached hydrogen (secondary N) is 1. The van der Waals surface area contributed by atoms with E-state index in [0.29, 0.717) is 12.8 Å². The van der Waals surface area contributed by atoms with E-state index >= 15 is 0 Å². The summed E-state index contributed by atoms with van der Waals surface area (Å²) in [6.45, 7) is 3.32. The van der Waals surface area contributed by atoms with Crippen molar-refractivity contribution in [3.8, 4) is 0 Å². The summed E-state index contributed by atoms with van der Waals surface area (Å²) in [5.74, 6) is -0.205. The zero-order valence-electron chi connectivity index (χ0n) is 6.35. The van der Waals surface area contributed by atoms with Gasteiger partial charge in [-0.15, -0.1) is 0 Å². The van der Waals surface area contributed by atoms with E-state index < -0.39 is 6.17 Å². The minimum atomic E-state index is -0.731. The fraction of sp³-hybridized carbons (Fsp3) is 0.625. The van der Waals surface area contributed by atoms with E-state index in [2.05, 4.69) is 11.9 Å². The van der Waals surface area contributed by atoms with Crippen molar-refractivity contribution in [3.63, 3.8) is 0 Å². The lowest BCUT2D eigenvalue weighted by atomic mass is 10.2. The number of hydrogen-bond acceptors (Lipinski definition) is 1. The molecule has 2 atom stereocenters. The van der Waals surface area contributed by atoms with E-state index in [4.69, 9.17) is 0 Å². The standard InChI is InChI=1S/C8H12FNO/c1-2-8(11)10-7-4-3-6(9)5-7/h2,6-7H,1,3-5H2,(H,10,11). The van der Waals surface area contributed by atoms with Gasteiger partial charge in [-0.2, -0.15) is 0 Å². The van der Waals surface area contributed by atoms with Crippen LogP contribution in [0.15, 0.2) is 12.7 Å². The first-order chi connectivity index (χ1) is 5.22. The van der Waals surface area contributed by atoms with Gasteiger partial charge in [0.2, 0.25) is 5.91 Å². The van der Waals surface area contributed by atoms with E-state index in [9.17, 15) is 9.18 Å². The smallest absolute Gasteiger partial charge is 0.243 e. The molecule has 0 aliphatic heterocycles. The molecular formula is C8H12FNO. The monoisotopic (exact) mass is 157 g/mol. The van der Waals surface area contributed by atoms with Gasteiger partial charge in [0.05, 0.1) is 0 Å². The molecule has 0 saturated heterocycles. The van der Waals surface area contributed by atoms with E-state index in [0.717, 1.165) is 6.42 Å². The molecule has 2 unspecified atom stereocenters. The third-order valence-electron chi connectivity index (χ3n) is 1.90. The molecule has 0 heterocycles. The van der Waals surface area contributed by atoms with Crippen molar-refractivity contribution in [3.05, 3.63) is 12.7 Å². The first-order valence-corrected chi connectivity index (χ1v) is 3.79. The molecular weight excluding hydrogens is 145 g/mol. The summed E-state index contributed by atoms with van der Waals surface area (Å²) in [4.78, 5) is 10.7. The van der Waals surface area contributed by atoms with Crippen molar-refractivity contribution in [2.24, 2.45) is 0 Å². The van der Waals surface area contributed by atoms with Gasteiger partial charge in [-0.1, -0.05) is 6.58 Å². The van der Waals surface area contributed by atoms with Gasteiger partial charge in [0.25, 0.3) is 0 Å². The Kier molecular flexibility index (Phi) is 2.63. The molecule has 1 fully saturated rings. The van der Waals surface area contributed by atoms with E-state index in [1.165, 1.54) is 6.08 Å². The summed E-state index contributed by atoms with van der Waals surface area (Å²) < 4.78 is 12.6. The first-order valence-electron chi connectivity index (χ1n) is 3.79. The summed E-state index contributed by atoms with van der Waals surface area (Å²) in [7, 11) is 0. The van der Waals surface area contributed by atoms with Gasteiger partial charge in [-0.05, 0) is 25.3 Å². The zero-order chi connectivity index (χ0) is 8.27. The highest BCUT2D eigenvalue weighted by molar-refractivity contribution is 5.87. The van der Waals surface area contributed by atoms with Crippen molar-refractivity contribution in [2.45, 2.75) is 31.5 Å². The Balaban J connectivity index is 2.28. The fourth-order valence-electron chi connectivity index (χ4n) is 1.32. The molecule has 0 spiro atoms. The maximum absolute atomic E-state index is 12.6. The third kappa shape index (κ3) is 2.33. The van der Waals surface area contributed by atoms with Crippen LogP contribution in [0.5, 0.6) is 0 Å². The van der Waals surface area contributed by atoms with Gasteiger partial charge in [-0.3, -0.25) is 4.79 Å². The lowest BCUT2D eigenvalue weighted by Gasteiger charge is -2.08. The van der Waals surface area contributed by atoms with Crippen molar-refractivity contribution >= 4 is 5.91 Å². The van der Waals surface area contributed by atoms with Crippen LogP contribution in [0, 0.1) is 0 Å². The minimum Gasteiger partial charge on any atom is -0.350 e. The second kappa shape index (κ2) is 3.51. The molecule has 2 nitrogen and oxygen atoms in total. The molecule has 0 aromatic carbocycles. The Morgan fingerprint density at radius 3 is 2.82 bits per heavy atom. The van der Waals surface area contributed by atoms with Crippen LogP contribution in [-0.2, 0) is 4.79 Å². The Morgan fingerprint density at radius 2 is 2.36 bits per heavy atom. The van der Waals surface area contributed by atoms with Crippen LogP contribution in [0.2, 0.25) is 0 Å². The van der Waals surface area contributed by atoms with E-state index in [1.54, 1.807) is 0 Å². The molecule has 3 heteroatoms. The molecule has 0 radical (unpaired) electrons. The summed E-state index contributed by atoms with van der Waals surface area (Å²) >= 11 is 0. The van der Waals surface area contributed by atoms with Crippen LogP contribution in [0.25, 0.3) is 0 Å². The van der Waals surface area contributed by atoms with Crippen LogP contribution in [0.1, 0.15) is 19.3 Å².